The summed E-state index contributed by atoms with van der Waals surface area (Å²) < 4.78 is 40.3. The van der Waals surface area contributed by atoms with Crippen LogP contribution in [0.25, 0.3) is 0 Å². The van der Waals surface area contributed by atoms with Crippen LogP contribution in [0.2, 0.25) is 0 Å². The average Bonchev–Trinajstić information content (AvgIpc) is 2.35. The number of hydrogen-bond acceptors (Lipinski definition) is 1. The van der Waals surface area contributed by atoms with Crippen molar-refractivity contribution in [1.29, 1.82) is 0 Å². The van der Waals surface area contributed by atoms with Crippen molar-refractivity contribution in [3.05, 3.63) is 35.1 Å². The van der Waals surface area contributed by atoms with Crippen molar-refractivity contribution >= 4 is 0 Å². The van der Waals surface area contributed by atoms with Crippen LogP contribution in [0.5, 0.6) is 0 Å². The van der Waals surface area contributed by atoms with Gasteiger partial charge >= 0.3 is 0 Å². The Morgan fingerprint density at radius 3 is 2.16 bits per heavy atom. The first-order valence-electron chi connectivity index (χ1n) is 6.71. The monoisotopic (exact) mass is 273 g/mol. The van der Waals surface area contributed by atoms with Gasteiger partial charge in [0.1, 0.15) is 5.82 Å². The lowest BCUT2D eigenvalue weighted by atomic mass is 9.78. The van der Waals surface area contributed by atoms with Crippen LogP contribution in [0.3, 0.4) is 0 Å². The van der Waals surface area contributed by atoms with E-state index in [2.05, 4.69) is 5.32 Å². The number of nitrogens with one attached hydrogen (secondary N) is 1. The summed E-state index contributed by atoms with van der Waals surface area (Å²) in [6.07, 6.45) is 1.69. The molecule has 0 aromatic heterocycles. The molecule has 1 N–H and O–H groups in total. The zero-order chi connectivity index (χ0) is 14.6. The minimum atomic E-state index is -1.15. The molecule has 0 aliphatic heterocycles. The van der Waals surface area contributed by atoms with E-state index < -0.39 is 17.5 Å². The third-order valence-electron chi connectivity index (χ3n) is 3.64. The zero-order valence-corrected chi connectivity index (χ0v) is 12.0. The molecule has 108 valence electrons. The van der Waals surface area contributed by atoms with E-state index in [0.717, 1.165) is 18.9 Å². The van der Waals surface area contributed by atoms with E-state index >= 15 is 0 Å². The molecule has 0 spiro atoms. The lowest BCUT2D eigenvalue weighted by molar-refractivity contribution is 0.228. The summed E-state index contributed by atoms with van der Waals surface area (Å²) in [5.74, 6) is -2.86. The third kappa shape index (κ3) is 3.72. The van der Waals surface area contributed by atoms with E-state index in [4.69, 9.17) is 0 Å². The summed E-state index contributed by atoms with van der Waals surface area (Å²) in [4.78, 5) is 0. The van der Waals surface area contributed by atoms with Crippen LogP contribution in [0.15, 0.2) is 12.1 Å². The van der Waals surface area contributed by atoms with Gasteiger partial charge in [-0.05, 0) is 30.9 Å². The molecule has 0 saturated heterocycles. The first-order valence-corrected chi connectivity index (χ1v) is 6.71. The Hall–Kier alpha value is -1.03. The molecule has 0 heterocycles. The van der Waals surface area contributed by atoms with E-state index in [1.165, 1.54) is 0 Å². The Balaban J connectivity index is 3.21. The van der Waals surface area contributed by atoms with Crippen molar-refractivity contribution in [3.8, 4) is 0 Å². The molecule has 1 atom stereocenters. The van der Waals surface area contributed by atoms with Gasteiger partial charge in [-0.1, -0.05) is 27.7 Å². The molecule has 0 aliphatic carbocycles. The third-order valence-corrected chi connectivity index (χ3v) is 3.64. The average molecular weight is 273 g/mol. The summed E-state index contributed by atoms with van der Waals surface area (Å²) in [5, 5.41) is 3.24. The molecule has 1 aromatic rings. The summed E-state index contributed by atoms with van der Waals surface area (Å²) in [7, 11) is 0. The molecule has 1 nitrogen and oxygen atoms in total. The van der Waals surface area contributed by atoms with Gasteiger partial charge in [0.15, 0.2) is 11.6 Å². The van der Waals surface area contributed by atoms with Crippen LogP contribution in [0.1, 0.15) is 52.1 Å². The van der Waals surface area contributed by atoms with Gasteiger partial charge in [0.25, 0.3) is 0 Å². The van der Waals surface area contributed by atoms with Crippen LogP contribution in [-0.2, 0) is 0 Å². The summed E-state index contributed by atoms with van der Waals surface area (Å²) >= 11 is 0. The maximum Gasteiger partial charge on any atom is 0.161 e. The lowest BCUT2D eigenvalue weighted by Crippen LogP contribution is -2.35. The molecular weight excluding hydrogens is 251 g/mol. The number of benzene rings is 1. The highest BCUT2D eigenvalue weighted by Gasteiger charge is 2.31. The lowest BCUT2D eigenvalue weighted by Gasteiger charge is -2.35. The second-order valence-electron chi connectivity index (χ2n) is 5.52. The number of rotatable bonds is 6. The molecule has 1 rings (SSSR count). The van der Waals surface area contributed by atoms with E-state index in [1.807, 2.05) is 27.7 Å². The van der Waals surface area contributed by atoms with E-state index in [1.54, 1.807) is 0 Å². The molecule has 0 amide bonds. The second-order valence-corrected chi connectivity index (χ2v) is 5.52. The summed E-state index contributed by atoms with van der Waals surface area (Å²) in [5.41, 5.74) is -0.0560. The van der Waals surface area contributed by atoms with Crippen molar-refractivity contribution in [2.75, 3.05) is 6.54 Å². The Morgan fingerprint density at radius 2 is 1.63 bits per heavy atom. The van der Waals surface area contributed by atoms with E-state index in [0.29, 0.717) is 12.6 Å². The smallest absolute Gasteiger partial charge is 0.161 e. The van der Waals surface area contributed by atoms with Crippen molar-refractivity contribution in [1.82, 2.24) is 5.32 Å². The Bertz CT molecular complexity index is 430. The SMILES string of the molecule is CCCNC(c1cc(F)c(F)cc1F)C(C)(C)CC. The standard InChI is InChI=1S/C15H22F3N/c1-5-7-19-14(15(3,4)6-2)10-8-12(17)13(18)9-11(10)16/h8-9,14,19H,5-7H2,1-4H3. The first-order chi connectivity index (χ1) is 8.83. The molecule has 4 heteroatoms. The van der Waals surface area contributed by atoms with Crippen LogP contribution in [0, 0.1) is 22.9 Å². The van der Waals surface area contributed by atoms with Crippen molar-refractivity contribution < 1.29 is 13.2 Å². The van der Waals surface area contributed by atoms with Crippen LogP contribution < -0.4 is 5.32 Å². The van der Waals surface area contributed by atoms with Crippen LogP contribution >= 0.6 is 0 Å². The predicted octanol–water partition coefficient (Wildman–Crippen LogP) is 4.58. The molecule has 0 radical (unpaired) electrons. The maximum absolute atomic E-state index is 13.9. The molecule has 19 heavy (non-hydrogen) atoms. The molecule has 0 saturated carbocycles. The van der Waals surface area contributed by atoms with Crippen LogP contribution in [-0.4, -0.2) is 6.54 Å². The Labute approximate surface area is 113 Å². The number of hydrogen-bond donors (Lipinski definition) is 1. The fourth-order valence-corrected chi connectivity index (χ4v) is 2.06. The minimum Gasteiger partial charge on any atom is -0.309 e. The Kier molecular flexibility index (Phi) is 5.41. The fourth-order valence-electron chi connectivity index (χ4n) is 2.06. The molecule has 0 bridgehead atoms. The van der Waals surface area contributed by atoms with Crippen molar-refractivity contribution in [3.63, 3.8) is 0 Å². The van der Waals surface area contributed by atoms with Crippen molar-refractivity contribution in [2.24, 2.45) is 5.41 Å². The summed E-state index contributed by atoms with van der Waals surface area (Å²) in [6, 6.07) is 1.25. The highest BCUT2D eigenvalue weighted by Crippen LogP contribution is 2.37. The van der Waals surface area contributed by atoms with Gasteiger partial charge in [0.2, 0.25) is 0 Å². The first kappa shape index (κ1) is 16.0. The normalized spacial score (nSPS) is 13.6. The predicted molar refractivity (Wildman–Crippen MR) is 71.4 cm³/mol. The minimum absolute atomic E-state index is 0.194. The quantitative estimate of drug-likeness (QED) is 0.748. The van der Waals surface area contributed by atoms with Gasteiger partial charge in [0.05, 0.1) is 0 Å². The molecule has 0 fully saturated rings. The Morgan fingerprint density at radius 1 is 1.05 bits per heavy atom. The van der Waals surface area contributed by atoms with Gasteiger partial charge in [-0.25, -0.2) is 13.2 Å². The van der Waals surface area contributed by atoms with E-state index in [-0.39, 0.29) is 17.0 Å². The highest BCUT2D eigenvalue weighted by atomic mass is 19.2. The molecule has 1 aromatic carbocycles. The second kappa shape index (κ2) is 6.42. The van der Waals surface area contributed by atoms with Crippen LogP contribution in [0.4, 0.5) is 13.2 Å². The topological polar surface area (TPSA) is 12.0 Å². The van der Waals surface area contributed by atoms with Gasteiger partial charge < -0.3 is 5.32 Å². The summed E-state index contributed by atoms with van der Waals surface area (Å²) in [6.45, 7) is 8.68. The van der Waals surface area contributed by atoms with Crippen molar-refractivity contribution in [2.45, 2.75) is 46.6 Å². The highest BCUT2D eigenvalue weighted by molar-refractivity contribution is 5.25. The fraction of sp³-hybridized carbons (Fsp3) is 0.600. The number of halogens is 3. The van der Waals surface area contributed by atoms with E-state index in [9.17, 15) is 13.2 Å². The molecule has 0 aliphatic rings. The van der Waals surface area contributed by atoms with Gasteiger partial charge in [0, 0.05) is 17.7 Å². The van der Waals surface area contributed by atoms with Gasteiger partial charge in [-0.15, -0.1) is 0 Å². The zero-order valence-electron chi connectivity index (χ0n) is 12.0. The largest absolute Gasteiger partial charge is 0.309 e. The molecular formula is C15H22F3N. The van der Waals surface area contributed by atoms with Gasteiger partial charge in [-0.3, -0.25) is 0 Å². The molecule has 1 unspecified atom stereocenters. The van der Waals surface area contributed by atoms with Gasteiger partial charge in [-0.2, -0.15) is 0 Å². The maximum atomic E-state index is 13.9.